The predicted molar refractivity (Wildman–Crippen MR) is 83.8 cm³/mol. The van der Waals surface area contributed by atoms with Gasteiger partial charge < -0.3 is 9.47 Å². The summed E-state index contributed by atoms with van der Waals surface area (Å²) in [6.45, 7) is 5.47. The Balaban J connectivity index is 1.86. The number of ketones is 1. The molecule has 0 saturated carbocycles. The van der Waals surface area contributed by atoms with Gasteiger partial charge in [0.1, 0.15) is 12.4 Å². The van der Waals surface area contributed by atoms with Gasteiger partial charge in [-0.2, -0.15) is 0 Å². The summed E-state index contributed by atoms with van der Waals surface area (Å²) >= 11 is 0. The molecule has 0 amide bonds. The number of carbonyl (C=O) groups is 1. The van der Waals surface area contributed by atoms with Gasteiger partial charge in [0.15, 0.2) is 5.78 Å². The van der Waals surface area contributed by atoms with Gasteiger partial charge in [0.2, 0.25) is 0 Å². The normalized spacial score (nSPS) is 21.2. The van der Waals surface area contributed by atoms with Gasteiger partial charge in [-0.3, -0.25) is 4.79 Å². The highest BCUT2D eigenvalue weighted by Crippen LogP contribution is 2.25. The Hall–Kier alpha value is -1.61. The third-order valence-corrected chi connectivity index (χ3v) is 3.97. The zero-order chi connectivity index (χ0) is 15.1. The summed E-state index contributed by atoms with van der Waals surface area (Å²) in [5.74, 6) is 1.77. The number of hydrogen-bond acceptors (Lipinski definition) is 3. The van der Waals surface area contributed by atoms with Gasteiger partial charge in [-0.05, 0) is 43.7 Å². The van der Waals surface area contributed by atoms with Crippen molar-refractivity contribution in [3.05, 3.63) is 42.0 Å². The van der Waals surface area contributed by atoms with Crippen molar-refractivity contribution >= 4 is 5.78 Å². The van der Waals surface area contributed by atoms with Crippen LogP contribution in [0.3, 0.4) is 0 Å². The van der Waals surface area contributed by atoms with Crippen LogP contribution in [-0.2, 0) is 4.74 Å². The summed E-state index contributed by atoms with van der Waals surface area (Å²) in [7, 11) is 0. The summed E-state index contributed by atoms with van der Waals surface area (Å²) in [6, 6.07) is 7.34. The van der Waals surface area contributed by atoms with E-state index in [1.54, 1.807) is 6.07 Å². The molecule has 1 aliphatic rings. The molecule has 114 valence electrons. The van der Waals surface area contributed by atoms with E-state index in [9.17, 15) is 4.79 Å². The van der Waals surface area contributed by atoms with Crippen LogP contribution in [0.15, 0.2) is 36.4 Å². The molecule has 0 radical (unpaired) electrons. The van der Waals surface area contributed by atoms with Crippen molar-refractivity contribution in [2.24, 2.45) is 11.8 Å². The number of Topliss-reactive ketones (excluding diaryl/α,β-unsaturated/α-hetero) is 1. The number of rotatable bonds is 7. The molecule has 0 bridgehead atoms. The standard InChI is InChI=1S/C18H24O3/c1-3-21-18-11-7-6-10-16(18)17(19)13-20-12-15-9-5-4-8-14(15)2/h4-7,10-11,14-15H,3,8-9,12-13H2,1-2H3. The second-order valence-corrected chi connectivity index (χ2v) is 5.55. The van der Waals surface area contributed by atoms with E-state index in [-0.39, 0.29) is 12.4 Å². The highest BCUT2D eigenvalue weighted by atomic mass is 16.5. The van der Waals surface area contributed by atoms with Crippen molar-refractivity contribution in [1.82, 2.24) is 0 Å². The maximum absolute atomic E-state index is 12.2. The Morgan fingerprint density at radius 2 is 2.00 bits per heavy atom. The summed E-state index contributed by atoms with van der Waals surface area (Å²) in [4.78, 5) is 12.2. The third kappa shape index (κ3) is 4.43. The second kappa shape index (κ2) is 7.99. The van der Waals surface area contributed by atoms with Crippen LogP contribution in [0.5, 0.6) is 5.75 Å². The van der Waals surface area contributed by atoms with Crippen LogP contribution < -0.4 is 4.74 Å². The molecule has 1 aromatic rings. The molecule has 0 N–H and O–H groups in total. The fraction of sp³-hybridized carbons (Fsp3) is 0.500. The molecule has 1 aromatic carbocycles. The van der Waals surface area contributed by atoms with Crippen molar-refractivity contribution in [2.45, 2.75) is 26.7 Å². The molecule has 0 aromatic heterocycles. The van der Waals surface area contributed by atoms with Gasteiger partial charge in [-0.25, -0.2) is 0 Å². The molecule has 0 aliphatic heterocycles. The molecule has 3 nitrogen and oxygen atoms in total. The van der Waals surface area contributed by atoms with Crippen molar-refractivity contribution in [3.8, 4) is 5.75 Å². The van der Waals surface area contributed by atoms with E-state index in [0.29, 0.717) is 36.4 Å². The summed E-state index contributed by atoms with van der Waals surface area (Å²) < 4.78 is 11.1. The molecular formula is C18H24O3. The van der Waals surface area contributed by atoms with E-state index in [2.05, 4.69) is 19.1 Å². The van der Waals surface area contributed by atoms with Crippen molar-refractivity contribution in [1.29, 1.82) is 0 Å². The van der Waals surface area contributed by atoms with Gasteiger partial charge in [0, 0.05) is 0 Å². The van der Waals surface area contributed by atoms with Crippen LogP contribution in [0, 0.1) is 11.8 Å². The van der Waals surface area contributed by atoms with Gasteiger partial charge in [0.05, 0.1) is 18.8 Å². The molecular weight excluding hydrogens is 264 g/mol. The van der Waals surface area contributed by atoms with Crippen LogP contribution in [0.25, 0.3) is 0 Å². The minimum Gasteiger partial charge on any atom is -0.493 e. The predicted octanol–water partition coefficient (Wildman–Crippen LogP) is 3.89. The first-order valence-corrected chi connectivity index (χ1v) is 7.70. The minimum absolute atomic E-state index is 0.0157. The van der Waals surface area contributed by atoms with Crippen molar-refractivity contribution in [2.75, 3.05) is 19.8 Å². The van der Waals surface area contributed by atoms with E-state index < -0.39 is 0 Å². The number of para-hydroxylation sites is 1. The Bertz CT molecular complexity index is 493. The van der Waals surface area contributed by atoms with Gasteiger partial charge >= 0.3 is 0 Å². The molecule has 1 aliphatic carbocycles. The van der Waals surface area contributed by atoms with Gasteiger partial charge in [-0.1, -0.05) is 31.2 Å². The Kier molecular flexibility index (Phi) is 6.00. The number of carbonyl (C=O) groups excluding carboxylic acids is 1. The van der Waals surface area contributed by atoms with Crippen LogP contribution in [-0.4, -0.2) is 25.6 Å². The monoisotopic (exact) mass is 288 g/mol. The molecule has 2 atom stereocenters. The number of ether oxygens (including phenoxy) is 2. The zero-order valence-corrected chi connectivity index (χ0v) is 12.9. The number of hydrogen-bond donors (Lipinski definition) is 0. The lowest BCUT2D eigenvalue weighted by Crippen LogP contribution is -2.21. The van der Waals surface area contributed by atoms with Crippen molar-refractivity contribution < 1.29 is 14.3 Å². The first-order chi connectivity index (χ1) is 10.2. The van der Waals surface area contributed by atoms with Crippen LogP contribution in [0.4, 0.5) is 0 Å². The van der Waals surface area contributed by atoms with Gasteiger partial charge in [0.25, 0.3) is 0 Å². The van der Waals surface area contributed by atoms with E-state index >= 15 is 0 Å². The molecule has 2 unspecified atom stereocenters. The molecule has 0 saturated heterocycles. The van der Waals surface area contributed by atoms with E-state index in [1.807, 2.05) is 25.1 Å². The molecule has 0 spiro atoms. The van der Waals surface area contributed by atoms with E-state index in [1.165, 1.54) is 0 Å². The lowest BCUT2D eigenvalue weighted by atomic mass is 9.85. The minimum atomic E-state index is -0.0157. The molecule has 21 heavy (non-hydrogen) atoms. The van der Waals surface area contributed by atoms with E-state index in [4.69, 9.17) is 9.47 Å². The summed E-state index contributed by atoms with van der Waals surface area (Å²) in [5.41, 5.74) is 0.607. The SMILES string of the molecule is CCOc1ccccc1C(=O)COCC1CC=CCC1C. The van der Waals surface area contributed by atoms with Crippen LogP contribution in [0.2, 0.25) is 0 Å². The first-order valence-electron chi connectivity index (χ1n) is 7.70. The Morgan fingerprint density at radius 3 is 2.76 bits per heavy atom. The summed E-state index contributed by atoms with van der Waals surface area (Å²) in [6.07, 6.45) is 6.59. The highest BCUT2D eigenvalue weighted by Gasteiger charge is 2.19. The average Bonchev–Trinajstić information content (AvgIpc) is 2.50. The zero-order valence-electron chi connectivity index (χ0n) is 12.9. The number of benzene rings is 1. The maximum Gasteiger partial charge on any atom is 0.192 e. The Labute approximate surface area is 127 Å². The third-order valence-electron chi connectivity index (χ3n) is 3.97. The maximum atomic E-state index is 12.2. The summed E-state index contributed by atoms with van der Waals surface area (Å²) in [5, 5.41) is 0. The molecule has 0 fully saturated rings. The lowest BCUT2D eigenvalue weighted by Gasteiger charge is -2.24. The second-order valence-electron chi connectivity index (χ2n) is 5.55. The fourth-order valence-electron chi connectivity index (χ4n) is 2.60. The molecule has 3 heteroatoms. The van der Waals surface area contributed by atoms with Gasteiger partial charge in [-0.15, -0.1) is 0 Å². The van der Waals surface area contributed by atoms with Crippen LogP contribution >= 0.6 is 0 Å². The fourth-order valence-corrected chi connectivity index (χ4v) is 2.60. The van der Waals surface area contributed by atoms with E-state index in [0.717, 1.165) is 12.8 Å². The largest absolute Gasteiger partial charge is 0.493 e. The lowest BCUT2D eigenvalue weighted by molar-refractivity contribution is 0.0600. The molecule has 0 heterocycles. The van der Waals surface area contributed by atoms with Crippen LogP contribution in [0.1, 0.15) is 37.0 Å². The quantitative estimate of drug-likeness (QED) is 0.564. The Morgan fingerprint density at radius 1 is 1.24 bits per heavy atom. The highest BCUT2D eigenvalue weighted by molar-refractivity contribution is 5.99. The van der Waals surface area contributed by atoms with Crippen molar-refractivity contribution in [3.63, 3.8) is 0 Å². The number of allylic oxidation sites excluding steroid dienone is 2. The molecule has 2 rings (SSSR count). The topological polar surface area (TPSA) is 35.5 Å². The smallest absolute Gasteiger partial charge is 0.192 e. The average molecular weight is 288 g/mol. The first kappa shape index (κ1) is 15.8.